The second kappa shape index (κ2) is 5.33. The Hall–Kier alpha value is -2.34. The van der Waals surface area contributed by atoms with Crippen LogP contribution in [0, 0.1) is 24.1 Å². The van der Waals surface area contributed by atoms with Gasteiger partial charge in [0.25, 0.3) is 0 Å². The van der Waals surface area contributed by atoms with Crippen LogP contribution in [0.4, 0.5) is 4.39 Å². The number of ether oxygens (including phenoxy) is 1. The number of hydrogen-bond donors (Lipinski definition) is 0. The van der Waals surface area contributed by atoms with Gasteiger partial charge in [-0.25, -0.2) is 4.39 Å². The fraction of sp³-hybridized carbons (Fsp3) is 0.133. The van der Waals surface area contributed by atoms with Gasteiger partial charge in [-0.3, -0.25) is 0 Å². The SMILES string of the molecule is Cc1ccccc1OCc1cccc(C#N)c1F. The van der Waals surface area contributed by atoms with E-state index in [1.54, 1.807) is 12.1 Å². The van der Waals surface area contributed by atoms with Crippen molar-refractivity contribution >= 4 is 0 Å². The van der Waals surface area contributed by atoms with Crippen molar-refractivity contribution in [1.29, 1.82) is 5.26 Å². The molecule has 2 aromatic carbocycles. The van der Waals surface area contributed by atoms with E-state index in [0.717, 1.165) is 11.3 Å². The smallest absolute Gasteiger partial charge is 0.147 e. The molecule has 0 amide bonds. The molecule has 0 saturated heterocycles. The summed E-state index contributed by atoms with van der Waals surface area (Å²) in [6.07, 6.45) is 0. The molecule has 0 atom stereocenters. The van der Waals surface area contributed by atoms with E-state index < -0.39 is 5.82 Å². The molecule has 0 aliphatic heterocycles. The van der Waals surface area contributed by atoms with E-state index in [0.29, 0.717) is 5.56 Å². The van der Waals surface area contributed by atoms with Gasteiger partial charge >= 0.3 is 0 Å². The fourth-order valence-electron chi connectivity index (χ4n) is 1.65. The highest BCUT2D eigenvalue weighted by Crippen LogP contribution is 2.19. The van der Waals surface area contributed by atoms with Crippen molar-refractivity contribution < 1.29 is 9.13 Å². The molecule has 2 nitrogen and oxygen atoms in total. The number of halogens is 1. The van der Waals surface area contributed by atoms with Gasteiger partial charge in [0.05, 0.1) is 5.56 Å². The van der Waals surface area contributed by atoms with Gasteiger partial charge in [-0.2, -0.15) is 5.26 Å². The van der Waals surface area contributed by atoms with Crippen LogP contribution >= 0.6 is 0 Å². The normalized spacial score (nSPS) is 9.83. The third-order valence-corrected chi connectivity index (χ3v) is 2.68. The number of para-hydroxylation sites is 1. The molecule has 3 heteroatoms. The standard InChI is InChI=1S/C15H12FNO/c1-11-5-2-3-8-14(11)18-10-13-7-4-6-12(9-17)15(13)16/h2-8H,10H2,1H3. The number of aryl methyl sites for hydroxylation is 1. The molecular formula is C15H12FNO. The summed E-state index contributed by atoms with van der Waals surface area (Å²) in [5, 5.41) is 8.74. The summed E-state index contributed by atoms with van der Waals surface area (Å²) in [7, 11) is 0. The lowest BCUT2D eigenvalue weighted by molar-refractivity contribution is 0.297. The zero-order valence-electron chi connectivity index (χ0n) is 9.98. The van der Waals surface area contributed by atoms with E-state index >= 15 is 0 Å². The zero-order valence-corrected chi connectivity index (χ0v) is 9.98. The van der Waals surface area contributed by atoms with Crippen molar-refractivity contribution in [2.24, 2.45) is 0 Å². The maximum atomic E-state index is 13.8. The zero-order chi connectivity index (χ0) is 13.0. The van der Waals surface area contributed by atoms with Crippen molar-refractivity contribution in [3.63, 3.8) is 0 Å². The monoisotopic (exact) mass is 241 g/mol. The number of nitriles is 1. The molecular weight excluding hydrogens is 229 g/mol. The molecule has 0 fully saturated rings. The lowest BCUT2D eigenvalue weighted by Gasteiger charge is -2.09. The number of nitrogens with zero attached hydrogens (tertiary/aromatic N) is 1. The Morgan fingerprint density at radius 3 is 2.67 bits per heavy atom. The van der Waals surface area contributed by atoms with Crippen molar-refractivity contribution in [3.8, 4) is 11.8 Å². The van der Waals surface area contributed by atoms with Gasteiger partial charge in [-0.1, -0.05) is 30.3 Å². The predicted octanol–water partition coefficient (Wildman–Crippen LogP) is 3.58. The van der Waals surface area contributed by atoms with Gasteiger partial charge in [0, 0.05) is 5.56 Å². The Morgan fingerprint density at radius 2 is 1.94 bits per heavy atom. The molecule has 2 aromatic rings. The molecule has 0 N–H and O–H groups in total. The van der Waals surface area contributed by atoms with Crippen molar-refractivity contribution in [2.45, 2.75) is 13.5 Å². The molecule has 0 aromatic heterocycles. The Balaban J connectivity index is 2.17. The Bertz CT molecular complexity index is 602. The molecule has 0 unspecified atom stereocenters. The average Bonchev–Trinajstić information content (AvgIpc) is 2.39. The van der Waals surface area contributed by atoms with Crippen molar-refractivity contribution in [3.05, 3.63) is 65.0 Å². The summed E-state index contributed by atoms with van der Waals surface area (Å²) in [5.41, 5.74) is 1.42. The minimum atomic E-state index is -0.506. The van der Waals surface area contributed by atoms with Crippen LogP contribution < -0.4 is 4.74 Å². The third-order valence-electron chi connectivity index (χ3n) is 2.68. The van der Waals surface area contributed by atoms with Crippen LogP contribution in [-0.4, -0.2) is 0 Å². The number of benzene rings is 2. The highest BCUT2D eigenvalue weighted by Gasteiger charge is 2.08. The molecule has 0 saturated carbocycles. The first-order valence-electron chi connectivity index (χ1n) is 5.58. The van der Waals surface area contributed by atoms with Gasteiger partial charge in [0.1, 0.15) is 24.2 Å². The number of hydrogen-bond acceptors (Lipinski definition) is 2. The summed E-state index contributed by atoms with van der Waals surface area (Å²) in [5.74, 6) is 0.216. The topological polar surface area (TPSA) is 33.0 Å². The van der Waals surface area contributed by atoms with Crippen LogP contribution in [0.25, 0.3) is 0 Å². The minimum Gasteiger partial charge on any atom is -0.489 e. The Morgan fingerprint density at radius 1 is 1.17 bits per heavy atom. The van der Waals surface area contributed by atoms with Gasteiger partial charge in [0.15, 0.2) is 0 Å². The first-order valence-corrected chi connectivity index (χ1v) is 5.58. The summed E-state index contributed by atoms with van der Waals surface area (Å²) < 4.78 is 19.3. The molecule has 90 valence electrons. The molecule has 0 heterocycles. The molecule has 0 bridgehead atoms. The molecule has 0 radical (unpaired) electrons. The molecule has 0 aliphatic rings. The first kappa shape index (κ1) is 12.1. The fourth-order valence-corrected chi connectivity index (χ4v) is 1.65. The Kier molecular flexibility index (Phi) is 3.59. The van der Waals surface area contributed by atoms with E-state index in [9.17, 15) is 4.39 Å². The van der Waals surface area contributed by atoms with Crippen LogP contribution in [0.2, 0.25) is 0 Å². The van der Waals surface area contributed by atoms with Gasteiger partial charge in [0.2, 0.25) is 0 Å². The second-order valence-corrected chi connectivity index (χ2v) is 3.94. The predicted molar refractivity (Wildman–Crippen MR) is 66.6 cm³/mol. The highest BCUT2D eigenvalue weighted by atomic mass is 19.1. The van der Waals surface area contributed by atoms with E-state index in [1.807, 2.05) is 37.3 Å². The maximum Gasteiger partial charge on any atom is 0.147 e. The van der Waals surface area contributed by atoms with E-state index in [1.165, 1.54) is 6.07 Å². The number of rotatable bonds is 3. The van der Waals surface area contributed by atoms with E-state index in [4.69, 9.17) is 10.00 Å². The quantitative estimate of drug-likeness (QED) is 0.822. The summed E-state index contributed by atoms with van der Waals surface area (Å²) in [4.78, 5) is 0. The van der Waals surface area contributed by atoms with Crippen molar-refractivity contribution in [2.75, 3.05) is 0 Å². The summed E-state index contributed by atoms with van der Waals surface area (Å²) >= 11 is 0. The summed E-state index contributed by atoms with van der Waals surface area (Å²) in [6.45, 7) is 2.05. The van der Waals surface area contributed by atoms with Crippen LogP contribution in [-0.2, 0) is 6.61 Å². The molecule has 2 rings (SSSR count). The average molecular weight is 241 g/mol. The lowest BCUT2D eigenvalue weighted by atomic mass is 10.1. The first-order chi connectivity index (χ1) is 8.72. The van der Waals surface area contributed by atoms with Crippen LogP contribution in [0.5, 0.6) is 5.75 Å². The van der Waals surface area contributed by atoms with E-state index in [-0.39, 0.29) is 12.2 Å². The largest absolute Gasteiger partial charge is 0.489 e. The maximum absolute atomic E-state index is 13.8. The highest BCUT2D eigenvalue weighted by molar-refractivity contribution is 5.36. The second-order valence-electron chi connectivity index (χ2n) is 3.94. The summed E-state index contributed by atoms with van der Waals surface area (Å²) in [6, 6.07) is 14.1. The van der Waals surface area contributed by atoms with Gasteiger partial charge in [-0.05, 0) is 24.6 Å². The molecule has 0 aliphatic carbocycles. The van der Waals surface area contributed by atoms with Crippen molar-refractivity contribution in [1.82, 2.24) is 0 Å². The van der Waals surface area contributed by atoms with E-state index in [2.05, 4.69) is 0 Å². The van der Waals surface area contributed by atoms with Gasteiger partial charge in [-0.15, -0.1) is 0 Å². The third kappa shape index (κ3) is 2.49. The molecule has 0 spiro atoms. The van der Waals surface area contributed by atoms with Crippen LogP contribution in [0.3, 0.4) is 0 Å². The Labute approximate surface area is 105 Å². The van der Waals surface area contributed by atoms with Crippen LogP contribution in [0.15, 0.2) is 42.5 Å². The van der Waals surface area contributed by atoms with Crippen LogP contribution in [0.1, 0.15) is 16.7 Å². The van der Waals surface area contributed by atoms with Gasteiger partial charge < -0.3 is 4.74 Å². The minimum absolute atomic E-state index is 0.0425. The molecule has 18 heavy (non-hydrogen) atoms. The lowest BCUT2D eigenvalue weighted by Crippen LogP contribution is -2.01.